The fourth-order valence-corrected chi connectivity index (χ4v) is 4.17. The van der Waals surface area contributed by atoms with Crippen molar-refractivity contribution in [3.63, 3.8) is 0 Å². The molecular formula is C23H26N2O2. The highest BCUT2D eigenvalue weighted by Crippen LogP contribution is 2.46. The Balaban J connectivity index is 1.72. The highest BCUT2D eigenvalue weighted by atomic mass is 16.6. The zero-order chi connectivity index (χ0) is 19.1. The van der Waals surface area contributed by atoms with Gasteiger partial charge in [-0.05, 0) is 62.4 Å². The van der Waals surface area contributed by atoms with Crippen molar-refractivity contribution in [3.05, 3.63) is 71.1 Å². The number of nitrogens with zero attached hydrogens (tertiary/aromatic N) is 2. The second-order valence-electron chi connectivity index (χ2n) is 8.49. The molecule has 1 aliphatic carbocycles. The number of aromatic nitrogens is 1. The zero-order valence-corrected chi connectivity index (χ0v) is 16.2. The minimum atomic E-state index is -0.486. The Kier molecular flexibility index (Phi) is 4.29. The Hall–Kier alpha value is -2.62. The predicted molar refractivity (Wildman–Crippen MR) is 106 cm³/mol. The topological polar surface area (TPSA) is 42.4 Å². The molecule has 27 heavy (non-hydrogen) atoms. The fraction of sp³-hybridized carbons (Fsp3) is 0.391. The number of hydrogen-bond acceptors (Lipinski definition) is 3. The third-order valence-electron chi connectivity index (χ3n) is 5.47. The molecular weight excluding hydrogens is 336 g/mol. The summed E-state index contributed by atoms with van der Waals surface area (Å²) in [6.07, 6.45) is 5.65. The predicted octanol–water partition coefficient (Wildman–Crippen LogP) is 4.60. The molecule has 1 atom stereocenters. The molecule has 1 fully saturated rings. The number of fused-ring (bicyclic) bond motifs is 2. The first-order valence-corrected chi connectivity index (χ1v) is 9.56. The van der Waals surface area contributed by atoms with Crippen LogP contribution in [0, 0.1) is 0 Å². The molecule has 1 aromatic heterocycles. The van der Waals surface area contributed by atoms with Crippen molar-refractivity contribution in [3.8, 4) is 0 Å². The van der Waals surface area contributed by atoms with Crippen LogP contribution in [-0.2, 0) is 16.6 Å². The lowest BCUT2D eigenvalue weighted by atomic mass is 9.64. The summed E-state index contributed by atoms with van der Waals surface area (Å²) in [5, 5.41) is 0. The highest BCUT2D eigenvalue weighted by molar-refractivity contribution is 5.72. The van der Waals surface area contributed by atoms with Gasteiger partial charge in [-0.15, -0.1) is 0 Å². The number of carbonyl (C=O) groups is 1. The molecule has 4 nitrogen and oxygen atoms in total. The fourth-order valence-electron chi connectivity index (χ4n) is 4.17. The van der Waals surface area contributed by atoms with Crippen LogP contribution in [0.25, 0.3) is 6.08 Å². The van der Waals surface area contributed by atoms with Crippen LogP contribution in [0.5, 0.6) is 0 Å². The minimum absolute atomic E-state index is 0.145. The monoisotopic (exact) mass is 362 g/mol. The Labute approximate surface area is 160 Å². The van der Waals surface area contributed by atoms with Crippen molar-refractivity contribution in [2.75, 3.05) is 13.1 Å². The van der Waals surface area contributed by atoms with E-state index in [-0.39, 0.29) is 11.5 Å². The maximum absolute atomic E-state index is 12.6. The molecule has 2 heterocycles. The standard InChI is InChI=1S/C23H26N2O2/c1-22(2,3)27-21(26)25-13-11-23(20-10-6-7-12-24-20)15-18-9-5-4-8-17(18)14-19(23)16-25/h4-10,12,14H,11,13,15-16H2,1-3H3. The van der Waals surface area contributed by atoms with Crippen molar-refractivity contribution < 1.29 is 9.53 Å². The maximum Gasteiger partial charge on any atom is 0.410 e. The number of amides is 1. The number of hydrogen-bond donors (Lipinski definition) is 0. The molecule has 2 aromatic rings. The van der Waals surface area contributed by atoms with Gasteiger partial charge in [0.05, 0.1) is 5.69 Å². The summed E-state index contributed by atoms with van der Waals surface area (Å²) in [6, 6.07) is 14.6. The van der Waals surface area contributed by atoms with E-state index in [4.69, 9.17) is 9.72 Å². The lowest BCUT2D eigenvalue weighted by Crippen LogP contribution is -2.50. The van der Waals surface area contributed by atoms with Crippen molar-refractivity contribution in [1.29, 1.82) is 0 Å². The van der Waals surface area contributed by atoms with Crippen molar-refractivity contribution >= 4 is 12.2 Å². The molecule has 2 aliphatic rings. The number of benzene rings is 1. The van der Waals surface area contributed by atoms with Gasteiger partial charge in [0.25, 0.3) is 0 Å². The number of ether oxygens (including phenoxy) is 1. The number of piperidine rings is 1. The molecule has 0 N–H and O–H groups in total. The van der Waals surface area contributed by atoms with Crippen LogP contribution in [-0.4, -0.2) is 34.7 Å². The number of carbonyl (C=O) groups excluding carboxylic acids is 1. The summed E-state index contributed by atoms with van der Waals surface area (Å²) in [4.78, 5) is 19.2. The molecule has 1 saturated heterocycles. The molecule has 1 unspecified atom stereocenters. The van der Waals surface area contributed by atoms with Gasteiger partial charge in [-0.25, -0.2) is 4.79 Å². The van der Waals surface area contributed by atoms with Crippen LogP contribution in [0.4, 0.5) is 4.79 Å². The Morgan fingerprint density at radius 2 is 1.93 bits per heavy atom. The van der Waals surface area contributed by atoms with E-state index in [0.717, 1.165) is 18.5 Å². The molecule has 0 radical (unpaired) electrons. The van der Waals surface area contributed by atoms with Gasteiger partial charge in [-0.2, -0.15) is 0 Å². The molecule has 1 amide bonds. The van der Waals surface area contributed by atoms with Crippen LogP contribution in [0.1, 0.15) is 44.0 Å². The normalized spacial score (nSPS) is 21.7. The first-order valence-electron chi connectivity index (χ1n) is 9.56. The van der Waals surface area contributed by atoms with Crippen LogP contribution >= 0.6 is 0 Å². The molecule has 0 spiro atoms. The van der Waals surface area contributed by atoms with Crippen molar-refractivity contribution in [1.82, 2.24) is 9.88 Å². The van der Waals surface area contributed by atoms with Gasteiger partial charge in [-0.3, -0.25) is 4.98 Å². The number of pyridine rings is 1. The van der Waals surface area contributed by atoms with E-state index < -0.39 is 5.60 Å². The van der Waals surface area contributed by atoms with Crippen molar-refractivity contribution in [2.24, 2.45) is 0 Å². The Bertz CT molecular complexity index is 883. The first kappa shape index (κ1) is 17.8. The van der Waals surface area contributed by atoms with Gasteiger partial charge in [0, 0.05) is 24.7 Å². The lowest BCUT2D eigenvalue weighted by molar-refractivity contribution is 0.0218. The average molecular weight is 362 g/mol. The second kappa shape index (κ2) is 6.52. The molecule has 1 aliphatic heterocycles. The van der Waals surface area contributed by atoms with E-state index >= 15 is 0 Å². The van der Waals surface area contributed by atoms with Crippen LogP contribution < -0.4 is 0 Å². The lowest BCUT2D eigenvalue weighted by Gasteiger charge is -2.46. The summed E-state index contributed by atoms with van der Waals surface area (Å²) in [5.41, 5.74) is 4.29. The van der Waals surface area contributed by atoms with Gasteiger partial charge in [-0.1, -0.05) is 36.4 Å². The van der Waals surface area contributed by atoms with Crippen LogP contribution in [0.3, 0.4) is 0 Å². The van der Waals surface area contributed by atoms with E-state index in [9.17, 15) is 4.79 Å². The first-order chi connectivity index (χ1) is 12.9. The van der Waals surface area contributed by atoms with E-state index in [1.807, 2.05) is 37.9 Å². The largest absolute Gasteiger partial charge is 0.444 e. The SMILES string of the molecule is CC(C)(C)OC(=O)N1CCC2(c3ccccn3)Cc3ccccc3C=C2C1. The molecule has 1 aromatic carbocycles. The summed E-state index contributed by atoms with van der Waals surface area (Å²) in [7, 11) is 0. The molecule has 140 valence electrons. The third kappa shape index (κ3) is 3.36. The summed E-state index contributed by atoms with van der Waals surface area (Å²) < 4.78 is 5.61. The van der Waals surface area contributed by atoms with Gasteiger partial charge >= 0.3 is 6.09 Å². The molecule has 4 heteroatoms. The third-order valence-corrected chi connectivity index (χ3v) is 5.47. The van der Waals surface area contributed by atoms with Gasteiger partial charge in [0.2, 0.25) is 0 Å². The average Bonchev–Trinajstić information content (AvgIpc) is 2.65. The van der Waals surface area contributed by atoms with E-state index in [0.29, 0.717) is 13.1 Å². The highest BCUT2D eigenvalue weighted by Gasteiger charge is 2.45. The quantitative estimate of drug-likeness (QED) is 0.744. The van der Waals surface area contributed by atoms with Gasteiger partial charge in [0.15, 0.2) is 0 Å². The Morgan fingerprint density at radius 1 is 1.15 bits per heavy atom. The van der Waals surface area contributed by atoms with Gasteiger partial charge in [0.1, 0.15) is 5.60 Å². The summed E-state index contributed by atoms with van der Waals surface area (Å²) in [5.74, 6) is 0. The smallest absolute Gasteiger partial charge is 0.410 e. The summed E-state index contributed by atoms with van der Waals surface area (Å²) >= 11 is 0. The van der Waals surface area contributed by atoms with E-state index in [2.05, 4.69) is 42.5 Å². The molecule has 0 bridgehead atoms. The van der Waals surface area contributed by atoms with Gasteiger partial charge < -0.3 is 9.64 Å². The Morgan fingerprint density at radius 3 is 2.67 bits per heavy atom. The van der Waals surface area contributed by atoms with E-state index in [1.54, 1.807) is 0 Å². The van der Waals surface area contributed by atoms with Crippen LogP contribution in [0.15, 0.2) is 54.2 Å². The number of likely N-dealkylation sites (tertiary alicyclic amines) is 1. The molecule has 4 rings (SSSR count). The molecule has 0 saturated carbocycles. The zero-order valence-electron chi connectivity index (χ0n) is 16.2. The van der Waals surface area contributed by atoms with E-state index in [1.165, 1.54) is 16.7 Å². The summed E-state index contributed by atoms with van der Waals surface area (Å²) in [6.45, 7) is 6.97. The minimum Gasteiger partial charge on any atom is -0.444 e. The number of rotatable bonds is 1. The van der Waals surface area contributed by atoms with Crippen LogP contribution in [0.2, 0.25) is 0 Å². The second-order valence-corrected chi connectivity index (χ2v) is 8.49. The van der Waals surface area contributed by atoms with Crippen molar-refractivity contribution in [2.45, 2.75) is 44.6 Å². The maximum atomic E-state index is 12.6.